The topological polar surface area (TPSA) is 9.23 Å². The average Bonchev–Trinajstić information content (AvgIpc) is 2.33. The molecule has 0 atom stereocenters. The molecule has 18 heavy (non-hydrogen) atoms. The summed E-state index contributed by atoms with van der Waals surface area (Å²) in [6.07, 6.45) is 0. The average molecular weight is 269 g/mol. The number of hydrogen-bond donors (Lipinski definition) is 0. The molecule has 0 aliphatic heterocycles. The van der Waals surface area contributed by atoms with Gasteiger partial charge in [-0.15, -0.1) is 0 Å². The molecule has 2 aromatic carbocycles. The number of hydrogen-bond acceptors (Lipinski definition) is 1. The molecule has 0 unspecified atom stereocenters. The van der Waals surface area contributed by atoms with Crippen LogP contribution in [0.4, 0.5) is 8.78 Å². The second-order valence-electron chi connectivity index (χ2n) is 3.92. The van der Waals surface area contributed by atoms with Gasteiger partial charge in [0.15, 0.2) is 11.6 Å². The minimum atomic E-state index is -0.479. The molecular weight excluding hydrogens is 258 g/mol. The first-order valence-electron chi connectivity index (χ1n) is 5.40. The summed E-state index contributed by atoms with van der Waals surface area (Å²) in [4.78, 5) is 0. The van der Waals surface area contributed by atoms with Gasteiger partial charge >= 0.3 is 0 Å². The summed E-state index contributed by atoms with van der Waals surface area (Å²) in [5, 5.41) is 0.267. The molecule has 0 fully saturated rings. The van der Waals surface area contributed by atoms with E-state index in [-0.39, 0.29) is 22.9 Å². The van der Waals surface area contributed by atoms with Crippen molar-refractivity contribution in [1.29, 1.82) is 0 Å². The zero-order valence-corrected chi connectivity index (χ0v) is 10.5. The molecule has 0 bridgehead atoms. The van der Waals surface area contributed by atoms with E-state index in [4.69, 9.17) is 16.3 Å². The van der Waals surface area contributed by atoms with Gasteiger partial charge in [-0.3, -0.25) is 0 Å². The number of benzene rings is 2. The Kier molecular flexibility index (Phi) is 3.82. The fourth-order valence-corrected chi connectivity index (χ4v) is 1.76. The van der Waals surface area contributed by atoms with Crippen LogP contribution < -0.4 is 4.74 Å². The van der Waals surface area contributed by atoms with Gasteiger partial charge in [0.2, 0.25) is 0 Å². The summed E-state index contributed by atoms with van der Waals surface area (Å²) < 4.78 is 32.2. The first-order valence-corrected chi connectivity index (χ1v) is 5.77. The Morgan fingerprint density at radius 1 is 1.11 bits per heavy atom. The summed E-state index contributed by atoms with van der Waals surface area (Å²) >= 11 is 5.85. The van der Waals surface area contributed by atoms with E-state index in [1.807, 2.05) is 6.92 Å². The van der Waals surface area contributed by atoms with E-state index in [1.54, 1.807) is 18.2 Å². The molecule has 0 aromatic heterocycles. The fraction of sp³-hybridized carbons (Fsp3) is 0.143. The van der Waals surface area contributed by atoms with Crippen LogP contribution in [0.1, 0.15) is 11.1 Å². The van der Waals surface area contributed by atoms with Gasteiger partial charge in [0, 0.05) is 5.56 Å². The minimum absolute atomic E-state index is 0.0920. The van der Waals surface area contributed by atoms with Crippen molar-refractivity contribution < 1.29 is 13.5 Å². The fourth-order valence-electron chi connectivity index (χ4n) is 1.54. The van der Waals surface area contributed by atoms with Crippen LogP contribution >= 0.6 is 11.6 Å². The van der Waals surface area contributed by atoms with Crippen molar-refractivity contribution in [3.05, 3.63) is 64.2 Å². The second-order valence-corrected chi connectivity index (χ2v) is 4.33. The van der Waals surface area contributed by atoms with E-state index in [9.17, 15) is 8.78 Å². The Labute approximate surface area is 109 Å². The molecule has 0 radical (unpaired) electrons. The molecule has 0 saturated heterocycles. The molecule has 0 spiro atoms. The quantitative estimate of drug-likeness (QED) is 0.796. The zero-order valence-electron chi connectivity index (χ0n) is 9.71. The third kappa shape index (κ3) is 2.79. The third-order valence-corrected chi connectivity index (χ3v) is 2.87. The molecule has 2 aromatic rings. The van der Waals surface area contributed by atoms with E-state index in [0.717, 1.165) is 5.56 Å². The standard InChI is InChI=1S/C14H11ClF2O/c1-9-5-6-13(17)14(7-9)18-8-10-11(15)3-2-4-12(10)16/h2-7H,8H2,1H3. The van der Waals surface area contributed by atoms with E-state index >= 15 is 0 Å². The molecule has 2 rings (SSSR count). The molecule has 0 N–H and O–H groups in total. The maximum Gasteiger partial charge on any atom is 0.165 e. The smallest absolute Gasteiger partial charge is 0.165 e. The number of halogens is 3. The summed E-state index contributed by atoms with van der Waals surface area (Å²) in [6.45, 7) is 1.72. The maximum absolute atomic E-state index is 13.5. The lowest BCUT2D eigenvalue weighted by molar-refractivity contribution is 0.284. The molecule has 0 heterocycles. The highest BCUT2D eigenvalue weighted by molar-refractivity contribution is 6.31. The van der Waals surface area contributed by atoms with Gasteiger partial charge in [-0.05, 0) is 36.8 Å². The molecule has 0 saturated carbocycles. The Morgan fingerprint density at radius 2 is 1.89 bits per heavy atom. The number of rotatable bonds is 3. The van der Waals surface area contributed by atoms with Crippen LogP contribution in [0.15, 0.2) is 36.4 Å². The SMILES string of the molecule is Cc1ccc(F)c(OCc2c(F)cccc2Cl)c1. The van der Waals surface area contributed by atoms with E-state index < -0.39 is 11.6 Å². The first-order chi connectivity index (χ1) is 8.58. The summed E-state index contributed by atoms with van der Waals surface area (Å²) in [5.41, 5.74) is 1.09. The van der Waals surface area contributed by atoms with Crippen LogP contribution in [0.3, 0.4) is 0 Å². The lowest BCUT2D eigenvalue weighted by atomic mass is 10.2. The van der Waals surface area contributed by atoms with E-state index in [1.165, 1.54) is 18.2 Å². The highest BCUT2D eigenvalue weighted by atomic mass is 35.5. The number of ether oxygens (including phenoxy) is 1. The van der Waals surface area contributed by atoms with Crippen LogP contribution in [0.5, 0.6) is 5.75 Å². The Hall–Kier alpha value is -1.61. The highest BCUT2D eigenvalue weighted by Gasteiger charge is 2.09. The van der Waals surface area contributed by atoms with Crippen molar-refractivity contribution in [1.82, 2.24) is 0 Å². The van der Waals surface area contributed by atoms with Crippen molar-refractivity contribution in [2.75, 3.05) is 0 Å². The lowest BCUT2D eigenvalue weighted by Crippen LogP contribution is -2.01. The minimum Gasteiger partial charge on any atom is -0.486 e. The number of aryl methyl sites for hydroxylation is 1. The van der Waals surface area contributed by atoms with Crippen molar-refractivity contribution in [3.8, 4) is 5.75 Å². The van der Waals surface area contributed by atoms with Crippen LogP contribution in [-0.4, -0.2) is 0 Å². The van der Waals surface area contributed by atoms with Crippen LogP contribution in [0, 0.1) is 18.6 Å². The molecule has 0 aliphatic rings. The van der Waals surface area contributed by atoms with Gasteiger partial charge in [0.25, 0.3) is 0 Å². The predicted octanol–water partition coefficient (Wildman–Crippen LogP) is 4.51. The van der Waals surface area contributed by atoms with Crippen molar-refractivity contribution in [3.63, 3.8) is 0 Å². The Bertz CT molecular complexity index is 549. The first kappa shape index (κ1) is 12.8. The zero-order chi connectivity index (χ0) is 13.1. The normalized spacial score (nSPS) is 10.4. The monoisotopic (exact) mass is 268 g/mol. The third-order valence-electron chi connectivity index (χ3n) is 2.52. The summed E-state index contributed by atoms with van der Waals surface area (Å²) in [7, 11) is 0. The van der Waals surface area contributed by atoms with Gasteiger partial charge in [-0.1, -0.05) is 23.7 Å². The van der Waals surface area contributed by atoms with Gasteiger partial charge in [0.1, 0.15) is 12.4 Å². The predicted molar refractivity (Wildman–Crippen MR) is 66.9 cm³/mol. The molecule has 1 nitrogen and oxygen atoms in total. The van der Waals surface area contributed by atoms with Crippen molar-refractivity contribution in [2.24, 2.45) is 0 Å². The second kappa shape index (κ2) is 5.36. The van der Waals surface area contributed by atoms with Crippen molar-refractivity contribution >= 4 is 11.6 Å². The van der Waals surface area contributed by atoms with Crippen LogP contribution in [0.25, 0.3) is 0 Å². The van der Waals surface area contributed by atoms with Crippen LogP contribution in [0.2, 0.25) is 5.02 Å². The molecule has 0 aliphatic carbocycles. The van der Waals surface area contributed by atoms with Gasteiger partial charge in [-0.2, -0.15) is 0 Å². The van der Waals surface area contributed by atoms with Crippen molar-refractivity contribution in [2.45, 2.75) is 13.5 Å². The molecule has 0 amide bonds. The lowest BCUT2D eigenvalue weighted by Gasteiger charge is -2.10. The Balaban J connectivity index is 2.19. The van der Waals surface area contributed by atoms with Crippen LogP contribution in [-0.2, 0) is 6.61 Å². The molecular formula is C14H11ClF2O. The van der Waals surface area contributed by atoms with Gasteiger partial charge in [0.05, 0.1) is 5.02 Å². The summed E-state index contributed by atoms with van der Waals surface area (Å²) in [5.74, 6) is -0.849. The van der Waals surface area contributed by atoms with Gasteiger partial charge in [-0.25, -0.2) is 8.78 Å². The molecule has 94 valence electrons. The molecule has 4 heteroatoms. The Morgan fingerprint density at radius 3 is 2.61 bits per heavy atom. The van der Waals surface area contributed by atoms with E-state index in [0.29, 0.717) is 0 Å². The van der Waals surface area contributed by atoms with Gasteiger partial charge < -0.3 is 4.74 Å². The maximum atomic E-state index is 13.5. The van der Waals surface area contributed by atoms with E-state index in [2.05, 4.69) is 0 Å². The highest BCUT2D eigenvalue weighted by Crippen LogP contribution is 2.23. The summed E-state index contributed by atoms with van der Waals surface area (Å²) in [6, 6.07) is 8.87. The largest absolute Gasteiger partial charge is 0.486 e.